The van der Waals surface area contributed by atoms with Gasteiger partial charge in [0.15, 0.2) is 12.0 Å². The van der Waals surface area contributed by atoms with Crippen molar-refractivity contribution >= 4 is 11.1 Å². The Balaban J connectivity index is 0.000000171. The Labute approximate surface area is 85.0 Å². The van der Waals surface area contributed by atoms with Crippen LogP contribution in [0, 0.1) is 5.92 Å². The minimum atomic E-state index is 0.845. The van der Waals surface area contributed by atoms with E-state index in [1.54, 1.807) is 0 Å². The minimum Gasteiger partial charge on any atom is -0.443 e. The first-order valence-corrected chi connectivity index (χ1v) is 5.02. The standard InChI is InChI=1S/C7H5NO.C5H12/c1-2-4-7-6(3-1)8-5-9-7;1-4-5(2)3/h1-5H;5H,4H2,1-3H3. The smallest absolute Gasteiger partial charge is 0.181 e. The second kappa shape index (κ2) is 5.43. The predicted molar refractivity (Wildman–Crippen MR) is 59.1 cm³/mol. The normalized spacial score (nSPS) is 10.0. The number of hydrogen-bond donors (Lipinski definition) is 0. The number of oxazole rings is 1. The molecule has 0 aliphatic heterocycles. The molecule has 0 atom stereocenters. The molecule has 0 aliphatic rings. The van der Waals surface area contributed by atoms with Gasteiger partial charge in [-0.25, -0.2) is 4.98 Å². The van der Waals surface area contributed by atoms with E-state index in [-0.39, 0.29) is 0 Å². The summed E-state index contributed by atoms with van der Waals surface area (Å²) in [6.45, 7) is 6.64. The lowest BCUT2D eigenvalue weighted by molar-refractivity contribution is 0.602. The predicted octanol–water partition coefficient (Wildman–Crippen LogP) is 3.88. The summed E-state index contributed by atoms with van der Waals surface area (Å²) < 4.78 is 5.01. The summed E-state index contributed by atoms with van der Waals surface area (Å²) >= 11 is 0. The Kier molecular flexibility index (Phi) is 4.17. The first-order valence-electron chi connectivity index (χ1n) is 5.02. The molecule has 0 N–H and O–H groups in total. The summed E-state index contributed by atoms with van der Waals surface area (Å²) in [7, 11) is 0. The SMILES string of the molecule is CCC(C)C.c1ccc2ocnc2c1. The third-order valence-corrected chi connectivity index (χ3v) is 2.05. The molecule has 2 heteroatoms. The van der Waals surface area contributed by atoms with Crippen molar-refractivity contribution in [2.45, 2.75) is 27.2 Å². The molecule has 2 nitrogen and oxygen atoms in total. The first-order chi connectivity index (χ1) is 6.74. The van der Waals surface area contributed by atoms with E-state index in [2.05, 4.69) is 25.8 Å². The van der Waals surface area contributed by atoms with Crippen LogP contribution in [0.3, 0.4) is 0 Å². The van der Waals surface area contributed by atoms with Crippen LogP contribution in [-0.4, -0.2) is 4.98 Å². The van der Waals surface area contributed by atoms with Gasteiger partial charge in [0.2, 0.25) is 0 Å². The van der Waals surface area contributed by atoms with Crippen LogP contribution in [0.2, 0.25) is 0 Å². The Morgan fingerprint density at radius 2 is 1.93 bits per heavy atom. The van der Waals surface area contributed by atoms with Crippen LogP contribution in [0.15, 0.2) is 35.1 Å². The second-order valence-electron chi connectivity index (χ2n) is 3.62. The summed E-state index contributed by atoms with van der Waals surface area (Å²) in [5, 5.41) is 0. The van der Waals surface area contributed by atoms with Crippen LogP contribution in [0.4, 0.5) is 0 Å². The van der Waals surface area contributed by atoms with Gasteiger partial charge in [-0.1, -0.05) is 39.3 Å². The van der Waals surface area contributed by atoms with E-state index in [0.29, 0.717) is 0 Å². The maximum absolute atomic E-state index is 5.01. The molecule has 0 saturated heterocycles. The average Bonchev–Trinajstić information content (AvgIpc) is 2.66. The molecule has 0 unspecified atom stereocenters. The summed E-state index contributed by atoms with van der Waals surface area (Å²) in [5.41, 5.74) is 1.76. The van der Waals surface area contributed by atoms with Crippen LogP contribution >= 0.6 is 0 Å². The zero-order chi connectivity index (χ0) is 10.4. The van der Waals surface area contributed by atoms with Gasteiger partial charge in [0.05, 0.1) is 0 Å². The number of benzene rings is 1. The summed E-state index contributed by atoms with van der Waals surface area (Å²) in [5.74, 6) is 0.884. The summed E-state index contributed by atoms with van der Waals surface area (Å²) in [6, 6.07) is 7.67. The fourth-order valence-electron chi connectivity index (χ4n) is 0.803. The van der Waals surface area contributed by atoms with Gasteiger partial charge >= 0.3 is 0 Å². The minimum absolute atomic E-state index is 0.845. The van der Waals surface area contributed by atoms with Crippen molar-refractivity contribution in [2.24, 2.45) is 5.92 Å². The molecular formula is C12H17NO. The monoisotopic (exact) mass is 191 g/mol. The largest absolute Gasteiger partial charge is 0.443 e. The molecule has 2 rings (SSSR count). The first kappa shape index (κ1) is 10.8. The van der Waals surface area contributed by atoms with Gasteiger partial charge in [-0.2, -0.15) is 0 Å². The number of aromatic nitrogens is 1. The van der Waals surface area contributed by atoms with Gasteiger partial charge in [-0.15, -0.1) is 0 Å². The van der Waals surface area contributed by atoms with Gasteiger partial charge in [-0.05, 0) is 18.1 Å². The number of para-hydroxylation sites is 2. The molecule has 0 amide bonds. The highest BCUT2D eigenvalue weighted by molar-refractivity contribution is 5.71. The fourth-order valence-corrected chi connectivity index (χ4v) is 0.803. The molecule has 1 aromatic carbocycles. The highest BCUT2D eigenvalue weighted by atomic mass is 16.3. The van der Waals surface area contributed by atoms with Gasteiger partial charge in [0.1, 0.15) is 5.52 Å². The van der Waals surface area contributed by atoms with Crippen LogP contribution in [0.25, 0.3) is 11.1 Å². The van der Waals surface area contributed by atoms with Crippen molar-refractivity contribution in [3.63, 3.8) is 0 Å². The van der Waals surface area contributed by atoms with Gasteiger partial charge in [0.25, 0.3) is 0 Å². The van der Waals surface area contributed by atoms with Crippen LogP contribution in [-0.2, 0) is 0 Å². The Morgan fingerprint density at radius 3 is 2.50 bits per heavy atom. The molecular weight excluding hydrogens is 174 g/mol. The zero-order valence-electron chi connectivity index (χ0n) is 9.03. The van der Waals surface area contributed by atoms with E-state index in [0.717, 1.165) is 17.0 Å². The topological polar surface area (TPSA) is 26.0 Å². The molecule has 2 aromatic rings. The van der Waals surface area contributed by atoms with Crippen molar-refractivity contribution in [3.8, 4) is 0 Å². The highest BCUT2D eigenvalue weighted by Gasteiger charge is 1.91. The molecule has 14 heavy (non-hydrogen) atoms. The highest BCUT2D eigenvalue weighted by Crippen LogP contribution is 2.09. The molecule has 0 fully saturated rings. The number of rotatable bonds is 1. The third-order valence-electron chi connectivity index (χ3n) is 2.05. The Bertz CT molecular complexity index is 335. The quantitative estimate of drug-likeness (QED) is 0.683. The molecule has 0 spiro atoms. The van der Waals surface area contributed by atoms with Crippen molar-refractivity contribution in [1.29, 1.82) is 0 Å². The molecule has 0 aliphatic carbocycles. The Morgan fingerprint density at radius 1 is 1.29 bits per heavy atom. The van der Waals surface area contributed by atoms with Crippen molar-refractivity contribution in [2.75, 3.05) is 0 Å². The number of fused-ring (bicyclic) bond motifs is 1. The van der Waals surface area contributed by atoms with E-state index >= 15 is 0 Å². The van der Waals surface area contributed by atoms with E-state index in [9.17, 15) is 0 Å². The van der Waals surface area contributed by atoms with Crippen molar-refractivity contribution < 1.29 is 4.42 Å². The average molecular weight is 191 g/mol. The maximum Gasteiger partial charge on any atom is 0.181 e. The maximum atomic E-state index is 5.01. The zero-order valence-corrected chi connectivity index (χ0v) is 9.03. The molecule has 1 heterocycles. The third kappa shape index (κ3) is 3.21. The fraction of sp³-hybridized carbons (Fsp3) is 0.417. The van der Waals surface area contributed by atoms with Gasteiger partial charge in [-0.3, -0.25) is 0 Å². The van der Waals surface area contributed by atoms with Crippen LogP contribution in [0.5, 0.6) is 0 Å². The van der Waals surface area contributed by atoms with E-state index in [1.807, 2.05) is 24.3 Å². The molecule has 0 saturated carbocycles. The van der Waals surface area contributed by atoms with Crippen molar-refractivity contribution in [3.05, 3.63) is 30.7 Å². The van der Waals surface area contributed by atoms with E-state index < -0.39 is 0 Å². The van der Waals surface area contributed by atoms with Crippen LogP contribution in [0.1, 0.15) is 27.2 Å². The van der Waals surface area contributed by atoms with Crippen LogP contribution < -0.4 is 0 Å². The van der Waals surface area contributed by atoms with Crippen molar-refractivity contribution in [1.82, 2.24) is 4.98 Å². The van der Waals surface area contributed by atoms with E-state index in [4.69, 9.17) is 4.42 Å². The summed E-state index contributed by atoms with van der Waals surface area (Å²) in [6.07, 6.45) is 2.75. The number of nitrogens with zero attached hydrogens (tertiary/aromatic N) is 1. The Hall–Kier alpha value is -1.31. The second-order valence-corrected chi connectivity index (χ2v) is 3.62. The lowest BCUT2D eigenvalue weighted by Gasteiger charge is -1.90. The number of hydrogen-bond acceptors (Lipinski definition) is 2. The summed E-state index contributed by atoms with van der Waals surface area (Å²) in [4.78, 5) is 3.95. The lowest BCUT2D eigenvalue weighted by Crippen LogP contribution is -1.77. The molecule has 1 aromatic heterocycles. The lowest BCUT2D eigenvalue weighted by atomic mass is 10.2. The van der Waals surface area contributed by atoms with E-state index in [1.165, 1.54) is 12.8 Å². The van der Waals surface area contributed by atoms with Gasteiger partial charge < -0.3 is 4.42 Å². The molecule has 76 valence electrons. The molecule has 0 radical (unpaired) electrons. The molecule has 0 bridgehead atoms. The van der Waals surface area contributed by atoms with Gasteiger partial charge in [0, 0.05) is 0 Å².